The molecule has 15 heavy (non-hydrogen) atoms. The second-order valence-corrected chi connectivity index (χ2v) is 2.90. The van der Waals surface area contributed by atoms with E-state index in [1.807, 2.05) is 18.2 Å². The molecule has 0 spiro atoms. The molecule has 1 aliphatic rings. The Bertz CT molecular complexity index is 390. The maximum absolute atomic E-state index is 10.7. The first kappa shape index (κ1) is 9.82. The van der Waals surface area contributed by atoms with Crippen LogP contribution in [0.4, 0.5) is 0 Å². The average molecular weight is 207 g/mol. The number of aliphatic imine (C=N–C) groups is 1. The van der Waals surface area contributed by atoms with Gasteiger partial charge in [0.1, 0.15) is 0 Å². The highest BCUT2D eigenvalue weighted by atomic mass is 17.2. The smallest absolute Gasteiger partial charge is 0.326 e. The molecule has 0 aliphatic carbocycles. The minimum Gasteiger partial charge on any atom is -0.326 e. The number of benzene rings is 1. The summed E-state index contributed by atoms with van der Waals surface area (Å²) in [5.74, 6) is -1.44. The number of carbonyl (C=O) groups excluding carboxylic acids is 1. The van der Waals surface area contributed by atoms with Gasteiger partial charge in [-0.3, -0.25) is 4.79 Å². The van der Waals surface area contributed by atoms with Crippen LogP contribution in [0.1, 0.15) is 5.56 Å². The van der Waals surface area contributed by atoms with E-state index in [1.165, 1.54) is 7.11 Å². The summed E-state index contributed by atoms with van der Waals surface area (Å²) in [7, 11) is 1.31. The Kier molecular flexibility index (Phi) is 2.49. The first-order chi connectivity index (χ1) is 7.29. The molecule has 1 aromatic rings. The van der Waals surface area contributed by atoms with Gasteiger partial charge in [0.25, 0.3) is 5.90 Å². The molecule has 0 saturated heterocycles. The molecule has 0 fully saturated rings. The lowest BCUT2D eigenvalue weighted by Gasteiger charge is -2.10. The van der Waals surface area contributed by atoms with Crippen LogP contribution < -0.4 is 0 Å². The maximum Gasteiger partial charge on any atom is 0.370 e. The van der Waals surface area contributed by atoms with Crippen molar-refractivity contribution in [1.82, 2.24) is 0 Å². The van der Waals surface area contributed by atoms with E-state index in [0.29, 0.717) is 6.29 Å². The highest BCUT2D eigenvalue weighted by molar-refractivity contribution is 5.95. The van der Waals surface area contributed by atoms with Crippen molar-refractivity contribution in [3.8, 4) is 0 Å². The van der Waals surface area contributed by atoms with Gasteiger partial charge in [0.2, 0.25) is 6.29 Å². The van der Waals surface area contributed by atoms with E-state index in [4.69, 9.17) is 14.5 Å². The fraction of sp³-hybridized carbons (Fsp3) is 0.200. The van der Waals surface area contributed by atoms with Gasteiger partial charge < -0.3 is 9.62 Å². The zero-order valence-corrected chi connectivity index (χ0v) is 8.04. The van der Waals surface area contributed by atoms with E-state index in [2.05, 4.69) is 4.99 Å². The standard InChI is InChI=1S/C10H9NO4/c1-13-10(7-12)11-9(14-15-10)8-5-3-2-4-6-8/h2-7H,1H3. The third-order valence-electron chi connectivity index (χ3n) is 1.96. The lowest BCUT2D eigenvalue weighted by molar-refractivity contribution is -0.337. The molecule has 5 nitrogen and oxygen atoms in total. The quantitative estimate of drug-likeness (QED) is 0.545. The molecule has 1 atom stereocenters. The first-order valence-electron chi connectivity index (χ1n) is 4.32. The molecule has 0 radical (unpaired) electrons. The molecule has 1 aromatic carbocycles. The van der Waals surface area contributed by atoms with Gasteiger partial charge in [-0.25, -0.2) is 0 Å². The fourth-order valence-corrected chi connectivity index (χ4v) is 1.15. The van der Waals surface area contributed by atoms with Crippen molar-refractivity contribution >= 4 is 12.2 Å². The average Bonchev–Trinajstić information content (AvgIpc) is 2.75. The molecule has 2 rings (SSSR count). The van der Waals surface area contributed by atoms with Crippen LogP contribution in [0.25, 0.3) is 0 Å². The Morgan fingerprint density at radius 2 is 2.13 bits per heavy atom. The van der Waals surface area contributed by atoms with Gasteiger partial charge in [-0.05, 0) is 12.1 Å². The molecule has 5 heteroatoms. The van der Waals surface area contributed by atoms with Crippen LogP contribution in [-0.2, 0) is 19.3 Å². The summed E-state index contributed by atoms with van der Waals surface area (Å²) in [4.78, 5) is 24.2. The second-order valence-electron chi connectivity index (χ2n) is 2.90. The van der Waals surface area contributed by atoms with Crippen molar-refractivity contribution in [2.45, 2.75) is 5.91 Å². The largest absolute Gasteiger partial charge is 0.370 e. The summed E-state index contributed by atoms with van der Waals surface area (Å²) in [6, 6.07) is 9.10. The normalized spacial score (nSPS) is 24.5. The van der Waals surface area contributed by atoms with Gasteiger partial charge in [-0.1, -0.05) is 18.2 Å². The Morgan fingerprint density at radius 3 is 2.67 bits per heavy atom. The predicted molar refractivity (Wildman–Crippen MR) is 51.0 cm³/mol. The van der Waals surface area contributed by atoms with E-state index in [1.54, 1.807) is 12.1 Å². The van der Waals surface area contributed by atoms with Gasteiger partial charge in [0, 0.05) is 12.7 Å². The van der Waals surface area contributed by atoms with Crippen molar-refractivity contribution in [3.63, 3.8) is 0 Å². The summed E-state index contributed by atoms with van der Waals surface area (Å²) in [6.07, 6.45) is 0.433. The number of rotatable bonds is 3. The second kappa shape index (κ2) is 3.80. The van der Waals surface area contributed by atoms with Crippen LogP contribution in [-0.4, -0.2) is 25.2 Å². The molecule has 0 aromatic heterocycles. The number of carbonyl (C=O) groups is 1. The van der Waals surface area contributed by atoms with Crippen LogP contribution in [0.15, 0.2) is 35.3 Å². The third-order valence-corrected chi connectivity index (χ3v) is 1.96. The van der Waals surface area contributed by atoms with Gasteiger partial charge in [0.05, 0.1) is 0 Å². The minimum absolute atomic E-state index is 0.226. The molecule has 0 amide bonds. The summed E-state index contributed by atoms with van der Waals surface area (Å²) in [5, 5.41) is 0. The first-order valence-corrected chi connectivity index (χ1v) is 4.32. The molecule has 1 aliphatic heterocycles. The van der Waals surface area contributed by atoms with Crippen molar-refractivity contribution in [1.29, 1.82) is 0 Å². The van der Waals surface area contributed by atoms with Crippen molar-refractivity contribution in [2.75, 3.05) is 7.11 Å². The molecule has 0 bridgehead atoms. The molecule has 1 unspecified atom stereocenters. The zero-order chi connectivity index (χ0) is 10.7. The molecule has 78 valence electrons. The number of methoxy groups -OCH3 is 1. The van der Waals surface area contributed by atoms with E-state index in [0.717, 1.165) is 5.56 Å². The monoisotopic (exact) mass is 207 g/mol. The number of nitrogens with zero attached hydrogens (tertiary/aromatic N) is 1. The van der Waals surface area contributed by atoms with Crippen molar-refractivity contribution in [2.24, 2.45) is 4.99 Å². The van der Waals surface area contributed by atoms with Crippen LogP contribution in [0.3, 0.4) is 0 Å². The summed E-state index contributed by atoms with van der Waals surface area (Å²) in [5.41, 5.74) is 0.721. The SMILES string of the molecule is COC1(C=O)N=C(c2ccccc2)OO1. The topological polar surface area (TPSA) is 57.1 Å². The summed E-state index contributed by atoms with van der Waals surface area (Å²) >= 11 is 0. The van der Waals surface area contributed by atoms with Gasteiger partial charge in [-0.15, -0.1) is 4.89 Å². The van der Waals surface area contributed by atoms with Crippen molar-refractivity contribution < 1.29 is 19.3 Å². The van der Waals surface area contributed by atoms with Crippen LogP contribution >= 0.6 is 0 Å². The number of hydrogen-bond acceptors (Lipinski definition) is 5. The van der Waals surface area contributed by atoms with E-state index >= 15 is 0 Å². The van der Waals surface area contributed by atoms with Crippen LogP contribution in [0.2, 0.25) is 0 Å². The highest BCUT2D eigenvalue weighted by Gasteiger charge is 2.39. The zero-order valence-electron chi connectivity index (χ0n) is 8.04. The molecule has 1 heterocycles. The number of aldehydes is 1. The third kappa shape index (κ3) is 1.74. The summed E-state index contributed by atoms with van der Waals surface area (Å²) in [6.45, 7) is 0. The maximum atomic E-state index is 10.7. The fourth-order valence-electron chi connectivity index (χ4n) is 1.15. The molecule has 0 saturated carbocycles. The molecular weight excluding hydrogens is 198 g/mol. The van der Waals surface area contributed by atoms with Gasteiger partial charge in [0.15, 0.2) is 0 Å². The van der Waals surface area contributed by atoms with Crippen LogP contribution in [0.5, 0.6) is 0 Å². The number of ether oxygens (including phenoxy) is 1. The van der Waals surface area contributed by atoms with E-state index in [-0.39, 0.29) is 5.90 Å². The van der Waals surface area contributed by atoms with Gasteiger partial charge in [-0.2, -0.15) is 4.99 Å². The Hall–Kier alpha value is -1.72. The highest BCUT2D eigenvalue weighted by Crippen LogP contribution is 2.21. The van der Waals surface area contributed by atoms with Crippen molar-refractivity contribution in [3.05, 3.63) is 35.9 Å². The van der Waals surface area contributed by atoms with E-state index < -0.39 is 5.91 Å². The van der Waals surface area contributed by atoms with Crippen LogP contribution in [0, 0.1) is 0 Å². The molecular formula is C10H9NO4. The Morgan fingerprint density at radius 1 is 1.40 bits per heavy atom. The predicted octanol–water partition coefficient (Wildman–Crippen LogP) is 0.894. The molecule has 0 N–H and O–H groups in total. The minimum atomic E-state index is -1.66. The lowest BCUT2D eigenvalue weighted by Crippen LogP contribution is -2.30. The van der Waals surface area contributed by atoms with Gasteiger partial charge >= 0.3 is 5.91 Å². The number of hydrogen-bond donors (Lipinski definition) is 0. The lowest BCUT2D eigenvalue weighted by atomic mass is 10.2. The Labute approximate surface area is 86.2 Å². The Balaban J connectivity index is 2.31. The summed E-state index contributed by atoms with van der Waals surface area (Å²) < 4.78 is 4.80. The van der Waals surface area contributed by atoms with E-state index in [9.17, 15) is 4.79 Å².